The zero-order chi connectivity index (χ0) is 13.1. The number of nitrogen functional groups attached to an aromatic ring is 1. The number of anilines is 2. The molecule has 0 saturated heterocycles. The minimum atomic E-state index is -0.256. The lowest BCUT2D eigenvalue weighted by Gasteiger charge is -2.13. The van der Waals surface area contributed by atoms with Crippen molar-refractivity contribution in [2.45, 2.75) is 0 Å². The first-order valence-corrected chi connectivity index (χ1v) is 5.29. The van der Waals surface area contributed by atoms with Crippen LogP contribution in [0.3, 0.4) is 0 Å². The monoisotopic (exact) mass is 244 g/mol. The smallest absolute Gasteiger partial charge is 0.202 e. The highest BCUT2D eigenvalue weighted by molar-refractivity contribution is 6.18. The Balaban J connectivity index is 2.29. The van der Waals surface area contributed by atoms with Gasteiger partial charge in [-0.2, -0.15) is 0 Å². The molecule has 0 amide bonds. The average Bonchev–Trinajstić information content (AvgIpc) is 2.36. The zero-order valence-electron chi connectivity index (χ0n) is 9.77. The van der Waals surface area contributed by atoms with Gasteiger partial charge in [-0.3, -0.25) is 9.59 Å². The number of nitrogens with one attached hydrogen (secondary N) is 1. The van der Waals surface area contributed by atoms with Crippen molar-refractivity contribution in [2.24, 2.45) is 0 Å². The second kappa shape index (κ2) is 4.75. The van der Waals surface area contributed by atoms with E-state index in [0.717, 1.165) is 0 Å². The van der Waals surface area contributed by atoms with E-state index < -0.39 is 0 Å². The molecule has 0 aliphatic heterocycles. The summed E-state index contributed by atoms with van der Waals surface area (Å²) in [6.45, 7) is 0. The Morgan fingerprint density at radius 2 is 2.00 bits per heavy atom. The number of ether oxygens (including phenoxy) is 1. The number of hydrogen-bond acceptors (Lipinski definition) is 5. The summed E-state index contributed by atoms with van der Waals surface area (Å²) in [7, 11) is 1.50. The molecule has 0 fully saturated rings. The minimum Gasteiger partial charge on any atom is -0.494 e. The Hall–Kier alpha value is -2.56. The predicted molar refractivity (Wildman–Crippen MR) is 68.3 cm³/mol. The quantitative estimate of drug-likeness (QED) is 0.618. The number of carbonyl (C=O) groups excluding carboxylic acids is 2. The van der Waals surface area contributed by atoms with Gasteiger partial charge in [0.2, 0.25) is 5.78 Å². The Bertz CT molecular complexity index is 574. The summed E-state index contributed by atoms with van der Waals surface area (Å²) in [5, 5.41) is 2.87. The van der Waals surface area contributed by atoms with Gasteiger partial charge < -0.3 is 15.8 Å². The lowest BCUT2D eigenvalue weighted by molar-refractivity contribution is -0.114. The van der Waals surface area contributed by atoms with E-state index in [1.54, 1.807) is 18.2 Å². The molecule has 0 radical (unpaired) electrons. The molecule has 0 atom stereocenters. The topological polar surface area (TPSA) is 81.4 Å². The van der Waals surface area contributed by atoms with Crippen molar-refractivity contribution < 1.29 is 14.3 Å². The molecule has 0 aromatic heterocycles. The van der Waals surface area contributed by atoms with Crippen molar-refractivity contribution in [2.75, 3.05) is 18.2 Å². The van der Waals surface area contributed by atoms with E-state index in [1.807, 2.05) is 0 Å². The van der Waals surface area contributed by atoms with Gasteiger partial charge in [0.05, 0.1) is 18.5 Å². The summed E-state index contributed by atoms with van der Waals surface area (Å²) in [5.74, 6) is 0.0192. The third kappa shape index (κ3) is 2.40. The number of allylic oxidation sites excluding steroid dienone is 3. The lowest BCUT2D eigenvalue weighted by Crippen LogP contribution is -2.15. The molecule has 2 rings (SSSR count). The van der Waals surface area contributed by atoms with E-state index in [9.17, 15) is 9.59 Å². The maximum Gasteiger partial charge on any atom is 0.202 e. The fourth-order valence-electron chi connectivity index (χ4n) is 1.56. The molecule has 0 bridgehead atoms. The molecular weight excluding hydrogens is 232 g/mol. The molecule has 0 unspecified atom stereocenters. The lowest BCUT2D eigenvalue weighted by atomic mass is 10.1. The Morgan fingerprint density at radius 1 is 1.22 bits per heavy atom. The molecular formula is C13H12N2O3. The van der Waals surface area contributed by atoms with Gasteiger partial charge in [0.15, 0.2) is 5.78 Å². The molecule has 5 heteroatoms. The third-order valence-corrected chi connectivity index (χ3v) is 2.45. The molecule has 1 aliphatic rings. The number of benzene rings is 1. The van der Waals surface area contributed by atoms with Crippen molar-refractivity contribution in [1.82, 2.24) is 0 Å². The van der Waals surface area contributed by atoms with Gasteiger partial charge in [-0.25, -0.2) is 0 Å². The van der Waals surface area contributed by atoms with Crippen molar-refractivity contribution in [3.8, 4) is 5.75 Å². The number of hydrogen-bond donors (Lipinski definition) is 2. The summed E-state index contributed by atoms with van der Waals surface area (Å²) in [6.07, 6.45) is 3.71. The maximum absolute atomic E-state index is 11.6. The van der Waals surface area contributed by atoms with E-state index in [0.29, 0.717) is 17.1 Å². The van der Waals surface area contributed by atoms with Gasteiger partial charge in [0.1, 0.15) is 5.75 Å². The van der Waals surface area contributed by atoms with E-state index >= 15 is 0 Å². The van der Waals surface area contributed by atoms with Crippen LogP contribution in [0.5, 0.6) is 5.75 Å². The minimum absolute atomic E-state index is 0.213. The van der Waals surface area contributed by atoms with Crippen LogP contribution in [0, 0.1) is 0 Å². The van der Waals surface area contributed by atoms with Crippen molar-refractivity contribution in [3.05, 3.63) is 42.1 Å². The number of rotatable bonds is 3. The molecule has 5 nitrogen and oxygen atoms in total. The highest BCUT2D eigenvalue weighted by Gasteiger charge is 2.14. The number of carbonyl (C=O) groups is 2. The van der Waals surface area contributed by atoms with E-state index in [-0.39, 0.29) is 17.3 Å². The van der Waals surface area contributed by atoms with Crippen molar-refractivity contribution in [1.29, 1.82) is 0 Å². The molecule has 0 heterocycles. The fourth-order valence-corrected chi connectivity index (χ4v) is 1.56. The number of methoxy groups -OCH3 is 1. The first-order valence-electron chi connectivity index (χ1n) is 5.29. The molecule has 1 aliphatic carbocycles. The molecule has 1 aromatic rings. The van der Waals surface area contributed by atoms with Crippen molar-refractivity contribution >= 4 is 22.9 Å². The molecule has 0 saturated carbocycles. The fraction of sp³-hybridized carbons (Fsp3) is 0.0769. The largest absolute Gasteiger partial charge is 0.494 e. The van der Waals surface area contributed by atoms with Crippen LogP contribution in [0.15, 0.2) is 42.1 Å². The zero-order valence-corrected chi connectivity index (χ0v) is 9.77. The summed E-state index contributed by atoms with van der Waals surface area (Å²) in [5.41, 5.74) is 6.98. The number of ketones is 2. The summed E-state index contributed by atoms with van der Waals surface area (Å²) in [4.78, 5) is 22.8. The SMILES string of the molecule is COc1cc(N)ccc1NC1=CC(=O)C=CC1=O. The van der Waals surface area contributed by atoms with Gasteiger partial charge in [0.25, 0.3) is 0 Å². The normalized spacial score (nSPS) is 14.4. The standard InChI is InChI=1S/C13H12N2O3/c1-18-13-6-8(14)2-4-10(13)15-11-7-9(16)3-5-12(11)17/h2-7,15H,14H2,1H3. The average molecular weight is 244 g/mol. The first-order chi connectivity index (χ1) is 8.60. The second-order valence-corrected chi connectivity index (χ2v) is 3.74. The van der Waals surface area contributed by atoms with Crippen LogP contribution < -0.4 is 15.8 Å². The van der Waals surface area contributed by atoms with Crippen LogP contribution in [0.25, 0.3) is 0 Å². The molecule has 3 N–H and O–H groups in total. The van der Waals surface area contributed by atoms with Crippen LogP contribution in [-0.4, -0.2) is 18.7 Å². The van der Waals surface area contributed by atoms with Crippen LogP contribution in [0.1, 0.15) is 0 Å². The highest BCUT2D eigenvalue weighted by Crippen LogP contribution is 2.28. The van der Waals surface area contributed by atoms with E-state index in [2.05, 4.69) is 5.32 Å². The highest BCUT2D eigenvalue weighted by atomic mass is 16.5. The third-order valence-electron chi connectivity index (χ3n) is 2.45. The first kappa shape index (κ1) is 11.9. The summed E-state index contributed by atoms with van der Waals surface area (Å²) < 4.78 is 5.15. The van der Waals surface area contributed by atoms with E-state index in [4.69, 9.17) is 10.5 Å². The Morgan fingerprint density at radius 3 is 2.72 bits per heavy atom. The van der Waals surface area contributed by atoms with Gasteiger partial charge in [-0.05, 0) is 24.3 Å². The van der Waals surface area contributed by atoms with Crippen LogP contribution in [0.2, 0.25) is 0 Å². The molecule has 1 aromatic carbocycles. The second-order valence-electron chi connectivity index (χ2n) is 3.74. The van der Waals surface area contributed by atoms with Gasteiger partial charge in [-0.15, -0.1) is 0 Å². The number of nitrogens with two attached hydrogens (primary N) is 1. The Labute approximate surface area is 104 Å². The van der Waals surface area contributed by atoms with Crippen LogP contribution in [-0.2, 0) is 9.59 Å². The summed E-state index contributed by atoms with van der Waals surface area (Å²) >= 11 is 0. The van der Waals surface area contributed by atoms with Gasteiger partial charge in [-0.1, -0.05) is 0 Å². The van der Waals surface area contributed by atoms with Crippen LogP contribution >= 0.6 is 0 Å². The van der Waals surface area contributed by atoms with Gasteiger partial charge >= 0.3 is 0 Å². The van der Waals surface area contributed by atoms with Crippen molar-refractivity contribution in [3.63, 3.8) is 0 Å². The molecule has 18 heavy (non-hydrogen) atoms. The summed E-state index contributed by atoms with van der Waals surface area (Å²) in [6, 6.07) is 5.00. The Kier molecular flexibility index (Phi) is 3.14. The van der Waals surface area contributed by atoms with E-state index in [1.165, 1.54) is 25.3 Å². The molecule has 92 valence electrons. The van der Waals surface area contributed by atoms with Gasteiger partial charge in [0, 0.05) is 17.8 Å². The predicted octanol–water partition coefficient (Wildman–Crippen LogP) is 1.28. The van der Waals surface area contributed by atoms with Crippen LogP contribution in [0.4, 0.5) is 11.4 Å². The maximum atomic E-state index is 11.6. The molecule has 0 spiro atoms.